The molecular formula is C10H21CdI. The number of hydrogen-bond donors (Lipinski definition) is 0. The summed E-state index contributed by atoms with van der Waals surface area (Å²) in [6.07, 6.45) is 8.72. The van der Waals surface area contributed by atoms with Crippen molar-refractivity contribution in [3.8, 4) is 0 Å². The summed E-state index contributed by atoms with van der Waals surface area (Å²) in [5, 5.41) is 0. The van der Waals surface area contributed by atoms with E-state index in [9.17, 15) is 0 Å². The van der Waals surface area contributed by atoms with Crippen LogP contribution in [0.5, 0.6) is 0 Å². The van der Waals surface area contributed by atoms with Crippen LogP contribution in [-0.2, 0) is 25.8 Å². The Kier molecular flexibility index (Phi) is 17.0. The fourth-order valence-corrected chi connectivity index (χ4v) is 2.06. The number of halogens is 1. The van der Waals surface area contributed by atoms with E-state index in [0.717, 1.165) is 5.92 Å². The Morgan fingerprint density at radius 3 is 2.17 bits per heavy atom. The summed E-state index contributed by atoms with van der Waals surface area (Å²) < 4.78 is 1.52. The predicted octanol–water partition coefficient (Wildman–Crippen LogP) is 0.952. The summed E-state index contributed by atoms with van der Waals surface area (Å²) in [7, 11) is 0. The van der Waals surface area contributed by atoms with Crippen LogP contribution < -0.4 is 24.0 Å². The van der Waals surface area contributed by atoms with Crippen LogP contribution in [0.25, 0.3) is 0 Å². The van der Waals surface area contributed by atoms with Crippen molar-refractivity contribution in [2.45, 2.75) is 56.4 Å². The minimum Gasteiger partial charge on any atom is -1.00 e. The van der Waals surface area contributed by atoms with Gasteiger partial charge in [-0.25, -0.2) is 0 Å². The van der Waals surface area contributed by atoms with Gasteiger partial charge in [-0.15, -0.1) is 0 Å². The molecule has 0 N–H and O–H groups in total. The van der Waals surface area contributed by atoms with Crippen LogP contribution in [0.15, 0.2) is 0 Å². The molecule has 0 aliphatic heterocycles. The number of hydrogen-bond acceptors (Lipinski definition) is 0. The van der Waals surface area contributed by atoms with E-state index in [2.05, 4.69) is 13.8 Å². The molecule has 0 saturated carbocycles. The van der Waals surface area contributed by atoms with Gasteiger partial charge in [-0.05, 0) is 0 Å². The van der Waals surface area contributed by atoms with Gasteiger partial charge in [0.2, 0.25) is 0 Å². The molecule has 12 heavy (non-hydrogen) atoms. The Labute approximate surface area is 111 Å². The summed E-state index contributed by atoms with van der Waals surface area (Å²) in [5.74, 6) is 1.03. The van der Waals surface area contributed by atoms with Crippen molar-refractivity contribution in [3.05, 3.63) is 0 Å². The van der Waals surface area contributed by atoms with Crippen LogP contribution in [0.1, 0.15) is 52.4 Å². The second-order valence-corrected chi connectivity index (χ2v) is 5.24. The van der Waals surface area contributed by atoms with Crippen molar-refractivity contribution in [3.63, 3.8) is 0 Å². The molecule has 0 radical (unpaired) electrons. The molecule has 0 nitrogen and oxygen atoms in total. The van der Waals surface area contributed by atoms with Gasteiger partial charge in [0.1, 0.15) is 0 Å². The second-order valence-electron chi connectivity index (χ2n) is 3.60. The Balaban J connectivity index is 0. The summed E-state index contributed by atoms with van der Waals surface area (Å²) in [6, 6.07) is 0. The van der Waals surface area contributed by atoms with Gasteiger partial charge in [0, 0.05) is 0 Å². The van der Waals surface area contributed by atoms with E-state index >= 15 is 0 Å². The van der Waals surface area contributed by atoms with Gasteiger partial charge in [-0.2, -0.15) is 0 Å². The minimum absolute atomic E-state index is 0. The van der Waals surface area contributed by atoms with Gasteiger partial charge < -0.3 is 24.0 Å². The maximum absolute atomic E-state index is 2.40. The third kappa shape index (κ3) is 11.7. The van der Waals surface area contributed by atoms with E-state index in [1.165, 1.54) is 68.3 Å². The first-order valence-corrected chi connectivity index (χ1v) is 7.96. The van der Waals surface area contributed by atoms with Gasteiger partial charge in [0.25, 0.3) is 0 Å². The standard InChI is InChI=1S/C10H21.Cd.HI/c1-4-5-6-7-8-9-10(2)3;;/h10H,2,4-9H2,1,3H3;;1H/q;+1;/p-1. The molecule has 0 bridgehead atoms. The summed E-state index contributed by atoms with van der Waals surface area (Å²) in [6.45, 7) is 4.68. The van der Waals surface area contributed by atoms with Crippen LogP contribution in [-0.4, -0.2) is 0 Å². The average Bonchev–Trinajstić information content (AvgIpc) is 2.04. The molecule has 0 aliphatic carbocycles. The van der Waals surface area contributed by atoms with E-state index in [0.29, 0.717) is 0 Å². The van der Waals surface area contributed by atoms with Crippen molar-refractivity contribution in [1.29, 1.82) is 0 Å². The van der Waals surface area contributed by atoms with Gasteiger partial charge in [0.15, 0.2) is 0 Å². The molecule has 0 aromatic rings. The molecule has 2 heteroatoms. The van der Waals surface area contributed by atoms with Gasteiger partial charge in [-0.1, -0.05) is 0 Å². The third-order valence-corrected chi connectivity index (χ3v) is 5.11. The molecule has 0 spiro atoms. The zero-order chi connectivity index (χ0) is 8.53. The molecule has 0 saturated heterocycles. The summed E-state index contributed by atoms with van der Waals surface area (Å²) in [5.41, 5.74) is 0. The van der Waals surface area contributed by atoms with Crippen molar-refractivity contribution in [2.24, 2.45) is 5.92 Å². The van der Waals surface area contributed by atoms with Crippen molar-refractivity contribution in [2.75, 3.05) is 0 Å². The fraction of sp³-hybridized carbons (Fsp3) is 1.00. The molecule has 0 rings (SSSR count). The van der Waals surface area contributed by atoms with Crippen LogP contribution >= 0.6 is 0 Å². The Morgan fingerprint density at radius 1 is 1.08 bits per heavy atom. The van der Waals surface area contributed by atoms with Crippen molar-refractivity contribution >= 4 is 0 Å². The quantitative estimate of drug-likeness (QED) is 0.351. The molecule has 0 aliphatic rings. The molecule has 0 amide bonds. The normalized spacial score (nSPS) is 12.3. The minimum atomic E-state index is 0. The van der Waals surface area contributed by atoms with E-state index in [1.54, 1.807) is 0 Å². The Morgan fingerprint density at radius 2 is 1.67 bits per heavy atom. The molecule has 70 valence electrons. The zero-order valence-electron chi connectivity index (χ0n) is 8.61. The first-order chi connectivity index (χ1) is 5.31. The predicted molar refractivity (Wildman–Crippen MR) is 47.3 cm³/mol. The molecule has 0 aromatic heterocycles. The summed E-state index contributed by atoms with van der Waals surface area (Å²) >= 11 is 1.19. The van der Waals surface area contributed by atoms with Gasteiger partial charge >= 0.3 is 88.0 Å². The number of rotatable bonds is 7. The first kappa shape index (κ1) is 16.1. The molecule has 1 unspecified atom stereocenters. The maximum atomic E-state index is 2.40. The number of unbranched alkanes of at least 4 members (excludes halogenated alkanes) is 4. The molecular weight excluding hydrogens is 359 g/mol. The van der Waals surface area contributed by atoms with E-state index in [4.69, 9.17) is 0 Å². The smallest absolute Gasteiger partial charge is 1.00 e. The topological polar surface area (TPSA) is 0 Å². The molecule has 0 aromatic carbocycles. The zero-order valence-corrected chi connectivity index (χ0v) is 14.8. The third-order valence-electron chi connectivity index (χ3n) is 2.29. The van der Waals surface area contributed by atoms with Gasteiger partial charge in [-0.3, -0.25) is 0 Å². The first-order valence-electron chi connectivity index (χ1n) is 5.10. The van der Waals surface area contributed by atoms with Crippen molar-refractivity contribution < 1.29 is 49.7 Å². The van der Waals surface area contributed by atoms with E-state index in [1.807, 2.05) is 0 Å². The van der Waals surface area contributed by atoms with Gasteiger partial charge in [0.05, 0.1) is 0 Å². The van der Waals surface area contributed by atoms with Crippen LogP contribution in [0.4, 0.5) is 0 Å². The van der Waals surface area contributed by atoms with E-state index in [-0.39, 0.29) is 24.0 Å². The summed E-state index contributed by atoms with van der Waals surface area (Å²) in [4.78, 5) is 0. The SMILES string of the molecule is CCCCCCCC(C)[CH2][Cd+].[I-]. The average molecular weight is 381 g/mol. The molecule has 0 heterocycles. The molecule has 1 atom stereocenters. The monoisotopic (exact) mass is 382 g/mol. The largest absolute Gasteiger partial charge is 1.00 e. The van der Waals surface area contributed by atoms with Crippen LogP contribution in [0.2, 0.25) is 3.98 Å². The van der Waals surface area contributed by atoms with Crippen molar-refractivity contribution in [1.82, 2.24) is 0 Å². The Bertz CT molecular complexity index is 76.2. The van der Waals surface area contributed by atoms with E-state index < -0.39 is 0 Å². The molecule has 0 fully saturated rings. The van der Waals surface area contributed by atoms with Crippen LogP contribution in [0.3, 0.4) is 0 Å². The second kappa shape index (κ2) is 12.7. The van der Waals surface area contributed by atoms with Crippen LogP contribution in [0, 0.1) is 5.92 Å². The maximum Gasteiger partial charge on any atom is -1.00 e. The Hall–Kier alpha value is 1.65. The fourth-order valence-electron chi connectivity index (χ4n) is 1.24.